The highest BCUT2D eigenvalue weighted by Gasteiger charge is 2.18. The van der Waals surface area contributed by atoms with Gasteiger partial charge >= 0.3 is 0 Å². The van der Waals surface area contributed by atoms with Gasteiger partial charge in [0.05, 0.1) is 18.6 Å². The van der Waals surface area contributed by atoms with Crippen LogP contribution in [0.3, 0.4) is 0 Å². The minimum absolute atomic E-state index is 0.139. The summed E-state index contributed by atoms with van der Waals surface area (Å²) in [5, 5.41) is 15.7. The van der Waals surface area contributed by atoms with Crippen LogP contribution >= 0.6 is 11.8 Å². The van der Waals surface area contributed by atoms with Crippen molar-refractivity contribution in [3.05, 3.63) is 36.0 Å². The number of nitrogens with zero attached hydrogens (tertiary/aromatic N) is 4. The molecule has 0 aliphatic heterocycles. The topological polar surface area (TPSA) is 95.1 Å². The number of ether oxygens (including phenoxy) is 1. The molecule has 0 saturated carbocycles. The molecule has 2 aromatic heterocycles. The summed E-state index contributed by atoms with van der Waals surface area (Å²) in [6.07, 6.45) is 0. The Morgan fingerprint density at radius 3 is 2.63 bits per heavy atom. The van der Waals surface area contributed by atoms with Crippen molar-refractivity contribution in [1.82, 2.24) is 19.9 Å². The summed E-state index contributed by atoms with van der Waals surface area (Å²) >= 11 is 1.32. The maximum atomic E-state index is 12.1. The molecule has 0 spiro atoms. The van der Waals surface area contributed by atoms with Crippen molar-refractivity contribution < 1.29 is 14.1 Å². The van der Waals surface area contributed by atoms with Crippen molar-refractivity contribution in [3.8, 4) is 17.1 Å². The molecule has 0 radical (unpaired) electrons. The van der Waals surface area contributed by atoms with Gasteiger partial charge in [-0.3, -0.25) is 14.7 Å². The summed E-state index contributed by atoms with van der Waals surface area (Å²) in [6, 6.07) is 9.45. The summed E-state index contributed by atoms with van der Waals surface area (Å²) < 4.78 is 12.2. The normalized spacial score (nSPS) is 11.0. The number of methoxy groups -OCH3 is 1. The van der Waals surface area contributed by atoms with E-state index >= 15 is 0 Å². The zero-order chi connectivity index (χ0) is 19.4. The van der Waals surface area contributed by atoms with E-state index in [-0.39, 0.29) is 17.7 Å². The molecule has 3 rings (SSSR count). The number of aromatic nitrogens is 4. The lowest BCUT2D eigenvalue weighted by molar-refractivity contribution is -0.113. The van der Waals surface area contributed by atoms with Crippen LogP contribution in [0.15, 0.2) is 40.0 Å². The van der Waals surface area contributed by atoms with Gasteiger partial charge in [-0.2, -0.15) is 0 Å². The molecule has 9 heteroatoms. The molecule has 2 heterocycles. The van der Waals surface area contributed by atoms with E-state index in [1.807, 2.05) is 28.8 Å². The number of benzene rings is 1. The van der Waals surface area contributed by atoms with Crippen molar-refractivity contribution in [2.75, 3.05) is 18.2 Å². The summed E-state index contributed by atoms with van der Waals surface area (Å²) in [5.41, 5.74) is 1.65. The summed E-state index contributed by atoms with van der Waals surface area (Å²) in [4.78, 5) is 12.1. The standard InChI is InChI=1S/C18H21N5O3S/c1-11(2)23-17(13-5-7-14(25-4)8-6-13)20-21-18(23)27-10-15(24)19-16-9-12(3)22-26-16/h5-9,11H,10H2,1-4H3,(H,19,24). The molecule has 0 atom stereocenters. The third-order valence-electron chi connectivity index (χ3n) is 3.75. The predicted molar refractivity (Wildman–Crippen MR) is 103 cm³/mol. The first-order chi connectivity index (χ1) is 13.0. The Morgan fingerprint density at radius 2 is 2.04 bits per heavy atom. The van der Waals surface area contributed by atoms with Crippen LogP contribution in [0.5, 0.6) is 5.75 Å². The Morgan fingerprint density at radius 1 is 1.30 bits per heavy atom. The lowest BCUT2D eigenvalue weighted by Gasteiger charge is -2.13. The minimum atomic E-state index is -0.194. The van der Waals surface area contributed by atoms with Crippen molar-refractivity contribution in [2.24, 2.45) is 0 Å². The molecule has 0 aliphatic carbocycles. The average Bonchev–Trinajstić information content (AvgIpc) is 3.26. The smallest absolute Gasteiger partial charge is 0.237 e. The highest BCUT2D eigenvalue weighted by molar-refractivity contribution is 7.99. The number of aryl methyl sites for hydroxylation is 1. The highest BCUT2D eigenvalue weighted by Crippen LogP contribution is 2.28. The number of nitrogens with one attached hydrogen (secondary N) is 1. The number of carbonyl (C=O) groups excluding carboxylic acids is 1. The molecule has 0 aliphatic rings. The zero-order valence-corrected chi connectivity index (χ0v) is 16.4. The fourth-order valence-corrected chi connectivity index (χ4v) is 3.37. The fourth-order valence-electron chi connectivity index (χ4n) is 2.50. The lowest BCUT2D eigenvalue weighted by atomic mass is 10.2. The molecule has 0 fully saturated rings. The van der Waals surface area contributed by atoms with Crippen LogP contribution in [-0.4, -0.2) is 38.7 Å². The van der Waals surface area contributed by atoms with Gasteiger partial charge in [0, 0.05) is 17.7 Å². The van der Waals surface area contributed by atoms with E-state index < -0.39 is 0 Å². The number of rotatable bonds is 7. The molecular weight excluding hydrogens is 366 g/mol. The molecule has 3 aromatic rings. The molecule has 27 heavy (non-hydrogen) atoms. The Labute approximate surface area is 161 Å². The molecule has 8 nitrogen and oxygen atoms in total. The SMILES string of the molecule is COc1ccc(-c2nnc(SCC(=O)Nc3cc(C)no3)n2C(C)C)cc1. The molecule has 1 amide bonds. The first kappa shape index (κ1) is 19.0. The molecular formula is C18H21N5O3S. The molecule has 142 valence electrons. The first-order valence-electron chi connectivity index (χ1n) is 8.43. The Hall–Kier alpha value is -2.81. The maximum absolute atomic E-state index is 12.1. The predicted octanol–water partition coefficient (Wildman–Crippen LogP) is 3.56. The van der Waals surface area contributed by atoms with Crippen LogP contribution in [0.1, 0.15) is 25.6 Å². The number of amides is 1. The van der Waals surface area contributed by atoms with E-state index in [9.17, 15) is 4.79 Å². The molecule has 1 aromatic carbocycles. The number of hydrogen-bond acceptors (Lipinski definition) is 7. The monoisotopic (exact) mass is 387 g/mol. The summed E-state index contributed by atoms with van der Waals surface area (Å²) in [7, 11) is 1.63. The molecule has 0 bridgehead atoms. The van der Waals surface area contributed by atoms with Crippen LogP contribution in [0.2, 0.25) is 0 Å². The second kappa shape index (κ2) is 8.26. The van der Waals surface area contributed by atoms with E-state index in [0.717, 1.165) is 17.1 Å². The van der Waals surface area contributed by atoms with E-state index in [4.69, 9.17) is 9.26 Å². The van der Waals surface area contributed by atoms with Gasteiger partial charge in [0.15, 0.2) is 11.0 Å². The van der Waals surface area contributed by atoms with Crippen LogP contribution in [0.25, 0.3) is 11.4 Å². The van der Waals surface area contributed by atoms with Gasteiger partial charge in [-0.1, -0.05) is 16.9 Å². The molecule has 0 unspecified atom stereocenters. The van der Waals surface area contributed by atoms with Gasteiger partial charge in [0.25, 0.3) is 0 Å². The Kier molecular flexibility index (Phi) is 5.80. The fraction of sp³-hybridized carbons (Fsp3) is 0.333. The van der Waals surface area contributed by atoms with Gasteiger partial charge in [-0.15, -0.1) is 10.2 Å². The second-order valence-electron chi connectivity index (χ2n) is 6.17. The van der Waals surface area contributed by atoms with Crippen molar-refractivity contribution in [3.63, 3.8) is 0 Å². The highest BCUT2D eigenvalue weighted by atomic mass is 32.2. The van der Waals surface area contributed by atoms with Crippen molar-refractivity contribution in [1.29, 1.82) is 0 Å². The van der Waals surface area contributed by atoms with Crippen LogP contribution in [-0.2, 0) is 4.79 Å². The van der Waals surface area contributed by atoms with Gasteiger partial charge < -0.3 is 9.26 Å². The quantitative estimate of drug-likeness (QED) is 0.619. The third kappa shape index (κ3) is 4.48. The van der Waals surface area contributed by atoms with E-state index in [1.54, 1.807) is 20.1 Å². The van der Waals surface area contributed by atoms with Gasteiger partial charge in [-0.05, 0) is 45.0 Å². The summed E-state index contributed by atoms with van der Waals surface area (Å²) in [5.74, 6) is 1.86. The maximum Gasteiger partial charge on any atom is 0.237 e. The first-order valence-corrected chi connectivity index (χ1v) is 9.41. The van der Waals surface area contributed by atoms with Gasteiger partial charge in [0.2, 0.25) is 11.8 Å². The van der Waals surface area contributed by atoms with E-state index in [1.165, 1.54) is 11.8 Å². The molecule has 1 N–H and O–H groups in total. The van der Waals surface area contributed by atoms with Gasteiger partial charge in [0.1, 0.15) is 5.75 Å². The second-order valence-corrected chi connectivity index (χ2v) is 7.11. The minimum Gasteiger partial charge on any atom is -0.497 e. The van der Waals surface area contributed by atoms with Gasteiger partial charge in [-0.25, -0.2) is 0 Å². The number of hydrogen-bond donors (Lipinski definition) is 1. The lowest BCUT2D eigenvalue weighted by Crippen LogP contribution is -2.14. The van der Waals surface area contributed by atoms with E-state index in [2.05, 4.69) is 34.5 Å². The Bertz CT molecular complexity index is 917. The summed E-state index contributed by atoms with van der Waals surface area (Å²) in [6.45, 7) is 5.90. The third-order valence-corrected chi connectivity index (χ3v) is 4.70. The van der Waals surface area contributed by atoms with Crippen molar-refractivity contribution in [2.45, 2.75) is 32.0 Å². The number of thioether (sulfide) groups is 1. The number of anilines is 1. The largest absolute Gasteiger partial charge is 0.497 e. The zero-order valence-electron chi connectivity index (χ0n) is 15.6. The van der Waals surface area contributed by atoms with Crippen LogP contribution < -0.4 is 10.1 Å². The van der Waals surface area contributed by atoms with Crippen molar-refractivity contribution >= 4 is 23.6 Å². The molecule has 0 saturated heterocycles. The van der Waals surface area contributed by atoms with E-state index in [0.29, 0.717) is 16.7 Å². The van der Waals surface area contributed by atoms with Crippen LogP contribution in [0.4, 0.5) is 5.88 Å². The average molecular weight is 387 g/mol. The Balaban J connectivity index is 1.73. The van der Waals surface area contributed by atoms with Crippen LogP contribution in [0, 0.1) is 6.92 Å². The number of carbonyl (C=O) groups is 1.